The fourth-order valence-corrected chi connectivity index (χ4v) is 5.11. The molecule has 0 spiro atoms. The standard InChI is InChI=1S/C23H30N2O3/c26-23(22-9-4-16-27-22)24-13-10-18(11-14-24)28-21-8-3-7-20-19(21)12-15-25(20)17-5-1-2-6-17/h3,7-8,12,15,17-18,22H,1-2,4-6,9-11,13-14,16H2. The molecule has 0 bridgehead atoms. The topological polar surface area (TPSA) is 43.7 Å². The summed E-state index contributed by atoms with van der Waals surface area (Å²) in [5, 5.41) is 1.22. The highest BCUT2D eigenvalue weighted by Crippen LogP contribution is 2.36. The summed E-state index contributed by atoms with van der Waals surface area (Å²) in [6.45, 7) is 2.26. The van der Waals surface area contributed by atoms with Crippen molar-refractivity contribution in [3.63, 3.8) is 0 Å². The predicted octanol–water partition coefficient (Wildman–Crippen LogP) is 4.31. The van der Waals surface area contributed by atoms with Crippen LogP contribution >= 0.6 is 0 Å². The van der Waals surface area contributed by atoms with E-state index in [9.17, 15) is 4.79 Å². The molecular weight excluding hydrogens is 352 g/mol. The lowest BCUT2D eigenvalue weighted by atomic mass is 10.1. The van der Waals surface area contributed by atoms with Gasteiger partial charge in [0, 0.05) is 50.2 Å². The van der Waals surface area contributed by atoms with Crippen molar-refractivity contribution in [2.24, 2.45) is 0 Å². The normalized spacial score (nSPS) is 24.3. The van der Waals surface area contributed by atoms with Crippen LogP contribution in [-0.2, 0) is 9.53 Å². The van der Waals surface area contributed by atoms with E-state index in [1.807, 2.05) is 4.90 Å². The molecule has 2 aromatic rings. The van der Waals surface area contributed by atoms with Crippen LogP contribution in [0.25, 0.3) is 10.9 Å². The lowest BCUT2D eigenvalue weighted by Gasteiger charge is -2.33. The van der Waals surface area contributed by atoms with Gasteiger partial charge in [-0.05, 0) is 43.9 Å². The van der Waals surface area contributed by atoms with Crippen LogP contribution in [-0.4, -0.2) is 47.3 Å². The Bertz CT molecular complexity index is 825. The van der Waals surface area contributed by atoms with Gasteiger partial charge in [-0.2, -0.15) is 0 Å². The molecule has 5 rings (SSSR count). The fraction of sp³-hybridized carbons (Fsp3) is 0.609. The number of hydrogen-bond donors (Lipinski definition) is 0. The van der Waals surface area contributed by atoms with Crippen LogP contribution in [0.5, 0.6) is 5.75 Å². The monoisotopic (exact) mass is 382 g/mol. The maximum atomic E-state index is 12.5. The minimum absolute atomic E-state index is 0.173. The van der Waals surface area contributed by atoms with Crippen molar-refractivity contribution >= 4 is 16.8 Å². The third-order valence-electron chi connectivity index (χ3n) is 6.69. The molecule has 150 valence electrons. The second kappa shape index (κ2) is 7.78. The van der Waals surface area contributed by atoms with Crippen molar-refractivity contribution in [1.29, 1.82) is 0 Å². The molecule has 2 aliphatic heterocycles. The maximum absolute atomic E-state index is 12.5. The molecule has 1 aliphatic carbocycles. The molecule has 1 atom stereocenters. The van der Waals surface area contributed by atoms with Gasteiger partial charge in [0.05, 0.1) is 5.52 Å². The van der Waals surface area contributed by atoms with Crippen LogP contribution in [0, 0.1) is 0 Å². The quantitative estimate of drug-likeness (QED) is 0.792. The highest BCUT2D eigenvalue weighted by molar-refractivity contribution is 5.86. The van der Waals surface area contributed by atoms with Gasteiger partial charge in [-0.1, -0.05) is 18.9 Å². The van der Waals surface area contributed by atoms with E-state index < -0.39 is 0 Å². The van der Waals surface area contributed by atoms with Gasteiger partial charge < -0.3 is 18.9 Å². The second-order valence-corrected chi connectivity index (χ2v) is 8.49. The average Bonchev–Trinajstić information content (AvgIpc) is 3.49. The maximum Gasteiger partial charge on any atom is 0.251 e. The summed E-state index contributed by atoms with van der Waals surface area (Å²) in [5.74, 6) is 1.16. The Morgan fingerprint density at radius 2 is 1.82 bits per heavy atom. The zero-order valence-electron chi connectivity index (χ0n) is 16.5. The Labute approximate surface area is 166 Å². The van der Waals surface area contributed by atoms with E-state index in [0.29, 0.717) is 6.04 Å². The van der Waals surface area contributed by atoms with Gasteiger partial charge in [0.15, 0.2) is 0 Å². The summed E-state index contributed by atoms with van der Waals surface area (Å²) in [4.78, 5) is 14.5. The van der Waals surface area contributed by atoms with E-state index in [1.54, 1.807) is 0 Å². The fourth-order valence-electron chi connectivity index (χ4n) is 5.11. The van der Waals surface area contributed by atoms with Gasteiger partial charge in [-0.15, -0.1) is 0 Å². The number of piperidine rings is 1. The summed E-state index contributed by atoms with van der Waals surface area (Å²) in [7, 11) is 0. The van der Waals surface area contributed by atoms with Crippen molar-refractivity contribution in [1.82, 2.24) is 9.47 Å². The molecule has 1 saturated carbocycles. The largest absolute Gasteiger partial charge is 0.490 e. The van der Waals surface area contributed by atoms with E-state index in [2.05, 4.69) is 35.0 Å². The zero-order valence-corrected chi connectivity index (χ0v) is 16.5. The third kappa shape index (κ3) is 3.41. The molecule has 1 aromatic carbocycles. The predicted molar refractivity (Wildman–Crippen MR) is 109 cm³/mol. The van der Waals surface area contributed by atoms with Crippen LogP contribution in [0.2, 0.25) is 0 Å². The SMILES string of the molecule is O=C(C1CCCO1)N1CCC(Oc2cccc3c2ccn3C2CCCC2)CC1. The van der Waals surface area contributed by atoms with E-state index in [4.69, 9.17) is 9.47 Å². The van der Waals surface area contributed by atoms with Crippen molar-refractivity contribution in [2.75, 3.05) is 19.7 Å². The van der Waals surface area contributed by atoms with Crippen LogP contribution in [0.3, 0.4) is 0 Å². The first-order valence-electron chi connectivity index (χ1n) is 11.0. The number of carbonyl (C=O) groups excluding carboxylic acids is 1. The molecule has 3 fully saturated rings. The average molecular weight is 383 g/mol. The Morgan fingerprint density at radius 1 is 1.00 bits per heavy atom. The van der Waals surface area contributed by atoms with Gasteiger partial charge in [0.1, 0.15) is 18.0 Å². The number of ether oxygens (including phenoxy) is 2. The third-order valence-corrected chi connectivity index (χ3v) is 6.69. The van der Waals surface area contributed by atoms with Crippen molar-refractivity contribution in [2.45, 2.75) is 69.6 Å². The molecular formula is C23H30N2O3. The Kier molecular flexibility index (Phi) is 5.02. The smallest absolute Gasteiger partial charge is 0.251 e. The van der Waals surface area contributed by atoms with E-state index in [-0.39, 0.29) is 18.1 Å². The Morgan fingerprint density at radius 3 is 2.57 bits per heavy atom. The van der Waals surface area contributed by atoms with Crippen molar-refractivity contribution < 1.29 is 14.3 Å². The summed E-state index contributed by atoms with van der Waals surface area (Å²) in [6.07, 6.45) is 11.1. The van der Waals surface area contributed by atoms with Gasteiger partial charge in [-0.3, -0.25) is 4.79 Å². The first-order valence-corrected chi connectivity index (χ1v) is 11.0. The summed E-state index contributed by atoms with van der Waals surface area (Å²) >= 11 is 0. The van der Waals surface area contributed by atoms with Crippen LogP contribution in [0.4, 0.5) is 0 Å². The van der Waals surface area contributed by atoms with E-state index in [0.717, 1.165) is 51.1 Å². The number of nitrogens with zero attached hydrogens (tertiary/aromatic N) is 2. The second-order valence-electron chi connectivity index (χ2n) is 8.49. The van der Waals surface area contributed by atoms with Gasteiger partial charge in [0.25, 0.3) is 5.91 Å². The molecule has 5 heteroatoms. The lowest BCUT2D eigenvalue weighted by Crippen LogP contribution is -2.45. The highest BCUT2D eigenvalue weighted by Gasteiger charge is 2.31. The number of likely N-dealkylation sites (tertiary alicyclic amines) is 1. The molecule has 2 saturated heterocycles. The van der Waals surface area contributed by atoms with Crippen LogP contribution < -0.4 is 4.74 Å². The summed E-state index contributed by atoms with van der Waals surface area (Å²) < 4.78 is 14.4. The van der Waals surface area contributed by atoms with Gasteiger partial charge in [0.2, 0.25) is 0 Å². The molecule has 5 nitrogen and oxygen atoms in total. The molecule has 3 heterocycles. The molecule has 28 heavy (non-hydrogen) atoms. The Balaban J connectivity index is 1.24. The zero-order chi connectivity index (χ0) is 18.9. The first-order chi connectivity index (χ1) is 13.8. The van der Waals surface area contributed by atoms with Gasteiger partial charge in [-0.25, -0.2) is 0 Å². The van der Waals surface area contributed by atoms with E-state index >= 15 is 0 Å². The molecule has 0 N–H and O–H groups in total. The molecule has 1 amide bonds. The van der Waals surface area contributed by atoms with Crippen molar-refractivity contribution in [3.05, 3.63) is 30.5 Å². The Hall–Kier alpha value is -2.01. The summed E-state index contributed by atoms with van der Waals surface area (Å²) in [6, 6.07) is 9.26. The first kappa shape index (κ1) is 18.0. The van der Waals surface area contributed by atoms with Crippen molar-refractivity contribution in [3.8, 4) is 5.75 Å². The van der Waals surface area contributed by atoms with Gasteiger partial charge >= 0.3 is 0 Å². The number of rotatable bonds is 4. The van der Waals surface area contributed by atoms with Crippen LogP contribution in [0.15, 0.2) is 30.5 Å². The molecule has 1 aromatic heterocycles. The minimum Gasteiger partial charge on any atom is -0.490 e. The van der Waals surface area contributed by atoms with Crippen LogP contribution in [0.1, 0.15) is 57.4 Å². The number of carbonyl (C=O) groups is 1. The molecule has 1 unspecified atom stereocenters. The lowest BCUT2D eigenvalue weighted by molar-refractivity contribution is -0.142. The number of amides is 1. The minimum atomic E-state index is -0.207. The highest BCUT2D eigenvalue weighted by atomic mass is 16.5. The number of benzene rings is 1. The summed E-state index contributed by atoms with van der Waals surface area (Å²) in [5.41, 5.74) is 1.29. The number of hydrogen-bond acceptors (Lipinski definition) is 3. The molecule has 3 aliphatic rings. The number of fused-ring (bicyclic) bond motifs is 1. The van der Waals surface area contributed by atoms with E-state index in [1.165, 1.54) is 36.6 Å². The number of aromatic nitrogens is 1. The molecule has 0 radical (unpaired) electrons.